The van der Waals surface area contributed by atoms with Gasteiger partial charge in [-0.2, -0.15) is 0 Å². The standard InChI is InChI=1S/C15H29N3O/c1-12(9-16-15(2,3)4)10-17-7-8-18-13(11-17)5-6-14(18)19/h12-13,16H,5-11H2,1-4H3. The molecule has 0 spiro atoms. The summed E-state index contributed by atoms with van der Waals surface area (Å²) in [6.07, 6.45) is 1.82. The molecule has 2 saturated heterocycles. The lowest BCUT2D eigenvalue weighted by molar-refractivity contribution is -0.130. The first-order chi connectivity index (χ1) is 8.85. The predicted molar refractivity (Wildman–Crippen MR) is 78.1 cm³/mol. The minimum Gasteiger partial charge on any atom is -0.337 e. The minimum atomic E-state index is 0.199. The van der Waals surface area contributed by atoms with Crippen molar-refractivity contribution in [3.63, 3.8) is 0 Å². The number of fused-ring (bicyclic) bond motifs is 1. The van der Waals surface area contributed by atoms with Crippen LogP contribution in [0, 0.1) is 5.92 Å². The summed E-state index contributed by atoms with van der Waals surface area (Å²) in [5, 5.41) is 3.57. The molecule has 110 valence electrons. The number of carbonyl (C=O) groups excluding carboxylic acids is 1. The highest BCUT2D eigenvalue weighted by Crippen LogP contribution is 2.23. The van der Waals surface area contributed by atoms with Crippen LogP contribution in [0.5, 0.6) is 0 Å². The van der Waals surface area contributed by atoms with Gasteiger partial charge in [0.2, 0.25) is 5.91 Å². The molecule has 0 aromatic rings. The molecule has 2 atom stereocenters. The highest BCUT2D eigenvalue weighted by molar-refractivity contribution is 5.78. The molecule has 0 aromatic heterocycles. The van der Waals surface area contributed by atoms with Gasteiger partial charge in [0.05, 0.1) is 0 Å². The third-order valence-electron chi connectivity index (χ3n) is 4.13. The molecular weight excluding hydrogens is 238 g/mol. The highest BCUT2D eigenvalue weighted by atomic mass is 16.2. The summed E-state index contributed by atoms with van der Waals surface area (Å²) in [5.41, 5.74) is 0.199. The molecule has 2 rings (SSSR count). The van der Waals surface area contributed by atoms with Gasteiger partial charge in [0.1, 0.15) is 0 Å². The lowest BCUT2D eigenvalue weighted by Gasteiger charge is -2.39. The van der Waals surface area contributed by atoms with E-state index in [0.29, 0.717) is 17.9 Å². The monoisotopic (exact) mass is 267 g/mol. The summed E-state index contributed by atoms with van der Waals surface area (Å²) < 4.78 is 0. The van der Waals surface area contributed by atoms with Crippen molar-refractivity contribution in [2.45, 2.75) is 52.1 Å². The lowest BCUT2D eigenvalue weighted by atomic mass is 10.1. The van der Waals surface area contributed by atoms with Gasteiger partial charge in [0.25, 0.3) is 0 Å². The molecule has 2 unspecified atom stereocenters. The highest BCUT2D eigenvalue weighted by Gasteiger charge is 2.35. The number of piperazine rings is 1. The second kappa shape index (κ2) is 5.80. The fourth-order valence-electron chi connectivity index (χ4n) is 3.08. The second-order valence-electron chi connectivity index (χ2n) is 7.28. The average Bonchev–Trinajstić information content (AvgIpc) is 2.67. The number of amides is 1. The van der Waals surface area contributed by atoms with Crippen molar-refractivity contribution in [1.29, 1.82) is 0 Å². The maximum absolute atomic E-state index is 11.6. The molecule has 4 heteroatoms. The van der Waals surface area contributed by atoms with E-state index in [2.05, 4.69) is 42.8 Å². The van der Waals surface area contributed by atoms with Gasteiger partial charge >= 0.3 is 0 Å². The van der Waals surface area contributed by atoms with Gasteiger partial charge in [-0.3, -0.25) is 9.69 Å². The van der Waals surface area contributed by atoms with E-state index >= 15 is 0 Å². The molecule has 0 saturated carbocycles. The van der Waals surface area contributed by atoms with Crippen LogP contribution in [0.15, 0.2) is 0 Å². The van der Waals surface area contributed by atoms with Crippen LogP contribution in [-0.2, 0) is 4.79 Å². The van der Waals surface area contributed by atoms with Crippen molar-refractivity contribution in [3.05, 3.63) is 0 Å². The number of carbonyl (C=O) groups is 1. The zero-order valence-electron chi connectivity index (χ0n) is 12.9. The van der Waals surface area contributed by atoms with Crippen molar-refractivity contribution < 1.29 is 4.79 Å². The van der Waals surface area contributed by atoms with Crippen LogP contribution in [0.25, 0.3) is 0 Å². The van der Waals surface area contributed by atoms with Crippen molar-refractivity contribution in [2.75, 3.05) is 32.7 Å². The van der Waals surface area contributed by atoms with Crippen LogP contribution in [-0.4, -0.2) is 60.0 Å². The summed E-state index contributed by atoms with van der Waals surface area (Å²) >= 11 is 0. The third-order valence-corrected chi connectivity index (χ3v) is 4.13. The van der Waals surface area contributed by atoms with Crippen LogP contribution in [0.4, 0.5) is 0 Å². The fraction of sp³-hybridized carbons (Fsp3) is 0.933. The van der Waals surface area contributed by atoms with Crippen LogP contribution in [0.1, 0.15) is 40.5 Å². The molecule has 1 amide bonds. The Hall–Kier alpha value is -0.610. The molecule has 2 aliphatic heterocycles. The zero-order valence-corrected chi connectivity index (χ0v) is 12.9. The number of hydrogen-bond donors (Lipinski definition) is 1. The smallest absolute Gasteiger partial charge is 0.222 e. The van der Waals surface area contributed by atoms with Gasteiger partial charge < -0.3 is 10.2 Å². The predicted octanol–water partition coefficient (Wildman–Crippen LogP) is 1.32. The summed E-state index contributed by atoms with van der Waals surface area (Å²) in [6, 6.07) is 0.490. The van der Waals surface area contributed by atoms with E-state index in [-0.39, 0.29) is 5.54 Å². The van der Waals surface area contributed by atoms with E-state index in [1.165, 1.54) is 0 Å². The Morgan fingerprint density at radius 1 is 1.37 bits per heavy atom. The second-order valence-corrected chi connectivity index (χ2v) is 7.28. The zero-order chi connectivity index (χ0) is 14.0. The van der Waals surface area contributed by atoms with Gasteiger partial charge in [-0.25, -0.2) is 0 Å². The molecule has 4 nitrogen and oxygen atoms in total. The fourth-order valence-corrected chi connectivity index (χ4v) is 3.08. The lowest BCUT2D eigenvalue weighted by Crippen LogP contribution is -2.53. The van der Waals surface area contributed by atoms with Crippen molar-refractivity contribution in [3.8, 4) is 0 Å². The maximum atomic E-state index is 11.6. The van der Waals surface area contributed by atoms with E-state index in [9.17, 15) is 4.79 Å². The molecule has 0 bridgehead atoms. The van der Waals surface area contributed by atoms with E-state index < -0.39 is 0 Å². The van der Waals surface area contributed by atoms with Crippen molar-refractivity contribution in [2.24, 2.45) is 5.92 Å². The molecule has 19 heavy (non-hydrogen) atoms. The Labute approximate surface area is 117 Å². The summed E-state index contributed by atoms with van der Waals surface area (Å²) in [4.78, 5) is 16.3. The Morgan fingerprint density at radius 2 is 2.11 bits per heavy atom. The van der Waals surface area contributed by atoms with Gasteiger partial charge in [0, 0.05) is 44.2 Å². The van der Waals surface area contributed by atoms with Crippen LogP contribution >= 0.6 is 0 Å². The topological polar surface area (TPSA) is 35.6 Å². The number of rotatable bonds is 4. The molecule has 2 aliphatic rings. The molecule has 0 aromatic carbocycles. The Balaban J connectivity index is 1.73. The molecule has 1 N–H and O–H groups in total. The molecule has 0 aliphatic carbocycles. The van der Waals surface area contributed by atoms with E-state index in [1.54, 1.807) is 0 Å². The number of nitrogens with one attached hydrogen (secondary N) is 1. The van der Waals surface area contributed by atoms with Gasteiger partial charge in [-0.1, -0.05) is 6.92 Å². The van der Waals surface area contributed by atoms with E-state index in [0.717, 1.165) is 45.6 Å². The van der Waals surface area contributed by atoms with E-state index in [4.69, 9.17) is 0 Å². The van der Waals surface area contributed by atoms with Crippen molar-refractivity contribution in [1.82, 2.24) is 15.1 Å². The first-order valence-corrected chi connectivity index (χ1v) is 7.62. The SMILES string of the molecule is CC(CNC(C)(C)C)CN1CCN2C(=O)CCC2C1. The van der Waals surface area contributed by atoms with Gasteiger partial charge in [-0.05, 0) is 39.7 Å². The molecular formula is C15H29N3O. The maximum Gasteiger partial charge on any atom is 0.222 e. The van der Waals surface area contributed by atoms with Crippen LogP contribution < -0.4 is 5.32 Å². The third kappa shape index (κ3) is 4.18. The summed E-state index contributed by atoms with van der Waals surface area (Å²) in [5.74, 6) is 1.02. The van der Waals surface area contributed by atoms with Crippen LogP contribution in [0.3, 0.4) is 0 Å². The van der Waals surface area contributed by atoms with Crippen LogP contribution in [0.2, 0.25) is 0 Å². The van der Waals surface area contributed by atoms with E-state index in [1.807, 2.05) is 0 Å². The molecule has 0 radical (unpaired) electrons. The average molecular weight is 267 g/mol. The Bertz CT molecular complexity index is 324. The number of hydrogen-bond acceptors (Lipinski definition) is 3. The first-order valence-electron chi connectivity index (χ1n) is 7.62. The minimum absolute atomic E-state index is 0.199. The first kappa shape index (κ1) is 14.8. The largest absolute Gasteiger partial charge is 0.337 e. The van der Waals surface area contributed by atoms with Gasteiger partial charge in [-0.15, -0.1) is 0 Å². The Kier molecular flexibility index (Phi) is 4.51. The molecule has 2 fully saturated rings. The Morgan fingerprint density at radius 3 is 2.79 bits per heavy atom. The number of nitrogens with zero attached hydrogens (tertiary/aromatic N) is 2. The summed E-state index contributed by atoms with van der Waals surface area (Å²) in [6.45, 7) is 14.2. The van der Waals surface area contributed by atoms with Crippen molar-refractivity contribution >= 4 is 5.91 Å². The molecule has 2 heterocycles. The summed E-state index contributed by atoms with van der Waals surface area (Å²) in [7, 11) is 0. The van der Waals surface area contributed by atoms with Gasteiger partial charge in [0.15, 0.2) is 0 Å². The normalized spacial score (nSPS) is 26.6. The quantitative estimate of drug-likeness (QED) is 0.834.